The van der Waals surface area contributed by atoms with E-state index < -0.39 is 19.7 Å². The van der Waals surface area contributed by atoms with Gasteiger partial charge in [-0.1, -0.05) is 33.3 Å². The van der Waals surface area contributed by atoms with E-state index in [2.05, 4.69) is 40.8 Å². The van der Waals surface area contributed by atoms with Crippen LogP contribution in [-0.4, -0.2) is 39.1 Å². The Bertz CT molecular complexity index is 871. The zero-order valence-electron chi connectivity index (χ0n) is 20.9. The van der Waals surface area contributed by atoms with Crippen LogP contribution in [0, 0.1) is 22.7 Å². The minimum absolute atomic E-state index is 0.00752. The van der Waals surface area contributed by atoms with Crippen LogP contribution in [0.4, 0.5) is 0 Å². The molecule has 0 aliphatic heterocycles. The largest absolute Gasteiger partial charge is 0.468 e. The second-order valence-electron chi connectivity index (χ2n) is 12.3. The Kier molecular flexibility index (Phi) is 5.69. The first-order valence-corrected chi connectivity index (χ1v) is 15.3. The molecule has 5 atom stereocenters. The fourth-order valence-corrected chi connectivity index (χ4v) is 8.45. The lowest BCUT2D eigenvalue weighted by atomic mass is 9.48. The van der Waals surface area contributed by atoms with E-state index in [-0.39, 0.29) is 40.0 Å². The zero-order chi connectivity index (χ0) is 23.7. The lowest BCUT2D eigenvalue weighted by Gasteiger charge is -2.53. The molecule has 0 heterocycles. The van der Waals surface area contributed by atoms with E-state index in [4.69, 9.17) is 9.16 Å². The number of Topliss-reactive ketones (excluding diaryl/α,β-unsaturated/α-hetero) is 2. The topological polar surface area (TPSA) is 69.7 Å². The Labute approximate surface area is 193 Å². The lowest BCUT2D eigenvalue weighted by Crippen LogP contribution is -2.59. The molecule has 3 fully saturated rings. The van der Waals surface area contributed by atoms with Gasteiger partial charge in [0.15, 0.2) is 19.9 Å². The van der Waals surface area contributed by atoms with Crippen molar-refractivity contribution in [1.29, 1.82) is 0 Å². The fourth-order valence-electron chi connectivity index (χ4n) is 7.00. The van der Waals surface area contributed by atoms with E-state index in [1.165, 1.54) is 12.7 Å². The number of ketones is 2. The number of hydrogen-bond acceptors (Lipinski definition) is 5. The summed E-state index contributed by atoms with van der Waals surface area (Å²) in [5, 5.41) is 0.119. The molecule has 0 aromatic carbocycles. The Morgan fingerprint density at radius 2 is 1.78 bits per heavy atom. The first-order valence-electron chi connectivity index (χ1n) is 12.4. The van der Waals surface area contributed by atoms with Crippen LogP contribution in [0.15, 0.2) is 11.1 Å². The lowest BCUT2D eigenvalue weighted by molar-refractivity contribution is -0.172. The molecule has 3 saturated carbocycles. The highest BCUT2D eigenvalue weighted by Gasteiger charge is 2.66. The van der Waals surface area contributed by atoms with Crippen LogP contribution in [0.25, 0.3) is 0 Å². The summed E-state index contributed by atoms with van der Waals surface area (Å²) in [6.45, 7) is 13.6. The molecule has 32 heavy (non-hydrogen) atoms. The van der Waals surface area contributed by atoms with Gasteiger partial charge in [0.05, 0.1) is 13.2 Å². The van der Waals surface area contributed by atoms with Crippen molar-refractivity contribution in [3.63, 3.8) is 0 Å². The summed E-state index contributed by atoms with van der Waals surface area (Å²) in [4.78, 5) is 40.2. The van der Waals surface area contributed by atoms with Crippen LogP contribution in [0.2, 0.25) is 18.1 Å². The third-order valence-corrected chi connectivity index (χ3v) is 14.3. The molecule has 0 spiro atoms. The maximum Gasteiger partial charge on any atom is 0.320 e. The molecule has 0 saturated heterocycles. The van der Waals surface area contributed by atoms with Gasteiger partial charge >= 0.3 is 5.97 Å². The molecule has 0 aromatic heterocycles. The number of ether oxygens (including phenoxy) is 1. The Morgan fingerprint density at radius 3 is 2.41 bits per heavy atom. The van der Waals surface area contributed by atoms with Crippen molar-refractivity contribution in [3.8, 4) is 0 Å². The predicted octanol–water partition coefficient (Wildman–Crippen LogP) is 5.38. The van der Waals surface area contributed by atoms with Crippen LogP contribution < -0.4 is 0 Å². The van der Waals surface area contributed by atoms with Crippen LogP contribution >= 0.6 is 0 Å². The highest BCUT2D eigenvalue weighted by atomic mass is 28.4. The molecule has 0 bridgehead atoms. The molecule has 4 rings (SSSR count). The third-order valence-electron chi connectivity index (χ3n) is 9.79. The highest BCUT2D eigenvalue weighted by Crippen LogP contribution is 2.63. The van der Waals surface area contributed by atoms with Crippen molar-refractivity contribution < 1.29 is 23.5 Å². The Morgan fingerprint density at radius 1 is 1.09 bits per heavy atom. The normalized spacial score (nSPS) is 37.7. The molecule has 0 aromatic rings. The Balaban J connectivity index is 1.79. The van der Waals surface area contributed by atoms with Crippen molar-refractivity contribution in [2.45, 2.75) is 103 Å². The van der Waals surface area contributed by atoms with E-state index in [9.17, 15) is 14.4 Å². The molecule has 0 amide bonds. The maximum absolute atomic E-state index is 13.5. The van der Waals surface area contributed by atoms with E-state index in [0.717, 1.165) is 37.7 Å². The first-order chi connectivity index (χ1) is 14.8. The summed E-state index contributed by atoms with van der Waals surface area (Å²) in [5.74, 6) is -0.819. The van der Waals surface area contributed by atoms with E-state index in [0.29, 0.717) is 19.3 Å². The second-order valence-corrected chi connectivity index (χ2v) is 17.1. The number of carbonyl (C=O) groups is 3. The molecule has 178 valence electrons. The number of allylic oxidation sites excluding steroid dienone is 1. The summed E-state index contributed by atoms with van der Waals surface area (Å²) in [6.07, 6.45) is 5.56. The summed E-state index contributed by atoms with van der Waals surface area (Å²) in [7, 11) is -0.587. The van der Waals surface area contributed by atoms with Gasteiger partial charge in [-0.05, 0) is 68.1 Å². The van der Waals surface area contributed by atoms with Gasteiger partial charge in [-0.3, -0.25) is 14.4 Å². The number of fused-ring (bicyclic) bond motifs is 4. The van der Waals surface area contributed by atoms with Gasteiger partial charge in [0.2, 0.25) is 0 Å². The second kappa shape index (κ2) is 7.62. The summed E-state index contributed by atoms with van der Waals surface area (Å²) >= 11 is 0. The molecule has 0 radical (unpaired) electrons. The smallest absolute Gasteiger partial charge is 0.320 e. The first kappa shape index (κ1) is 23.9. The molecule has 4 aliphatic rings. The highest BCUT2D eigenvalue weighted by molar-refractivity contribution is 6.74. The molecule has 0 N–H and O–H groups in total. The van der Waals surface area contributed by atoms with Crippen LogP contribution in [-0.2, 0) is 23.5 Å². The molecule has 5 nitrogen and oxygen atoms in total. The van der Waals surface area contributed by atoms with Gasteiger partial charge in [0.1, 0.15) is 5.41 Å². The molecule has 6 heteroatoms. The van der Waals surface area contributed by atoms with Gasteiger partial charge in [-0.25, -0.2) is 0 Å². The minimum Gasteiger partial charge on any atom is -0.468 e. The zero-order valence-corrected chi connectivity index (χ0v) is 21.9. The van der Waals surface area contributed by atoms with Crippen molar-refractivity contribution in [2.75, 3.05) is 7.11 Å². The quantitative estimate of drug-likeness (QED) is 0.321. The number of carbonyl (C=O) groups excluding carboxylic acids is 3. The molecule has 4 aliphatic carbocycles. The van der Waals surface area contributed by atoms with Gasteiger partial charge < -0.3 is 9.16 Å². The molecular formula is C26H40O5Si. The Hall–Kier alpha value is -1.27. The summed E-state index contributed by atoms with van der Waals surface area (Å²) in [5.41, 5.74) is 0.599. The molecular weight excluding hydrogens is 420 g/mol. The number of rotatable bonds is 3. The maximum atomic E-state index is 13.5. The number of hydrogen-bond donors (Lipinski definition) is 0. The predicted molar refractivity (Wildman–Crippen MR) is 126 cm³/mol. The van der Waals surface area contributed by atoms with E-state index in [1.807, 2.05) is 0 Å². The van der Waals surface area contributed by atoms with E-state index >= 15 is 0 Å². The van der Waals surface area contributed by atoms with Gasteiger partial charge in [-0.2, -0.15) is 0 Å². The van der Waals surface area contributed by atoms with Crippen molar-refractivity contribution in [3.05, 3.63) is 11.1 Å². The van der Waals surface area contributed by atoms with Gasteiger partial charge in [0, 0.05) is 24.2 Å². The summed E-state index contributed by atoms with van der Waals surface area (Å²) < 4.78 is 12.2. The SMILES string of the molecule is COC(=O)[C@@]12C(=O)CCC[C@@H]1CC(=O)C1=C3CC[C@H](O[Si](C)(C)C(C)(C)C)[C@@]3(C)CC[C@H]12. The standard InChI is InChI=1S/C26H40O5Si/c1-24(2,3)32(6,7)31-21-12-11-17-22-18(13-14-25(17,21)4)26(23(29)30-5)16(15-19(22)27)9-8-10-20(26)28/h16,18,21H,8-15H2,1-7H3/t16-,18-,21+,25+,26+/m1/s1. The van der Waals surface area contributed by atoms with Crippen LogP contribution in [0.1, 0.15) is 79.1 Å². The average Bonchev–Trinajstić information content (AvgIpc) is 3.02. The van der Waals surface area contributed by atoms with E-state index in [1.54, 1.807) is 0 Å². The molecule has 0 unspecified atom stereocenters. The van der Waals surface area contributed by atoms with Crippen molar-refractivity contribution in [1.82, 2.24) is 0 Å². The van der Waals surface area contributed by atoms with Crippen LogP contribution in [0.3, 0.4) is 0 Å². The third kappa shape index (κ3) is 3.15. The monoisotopic (exact) mass is 460 g/mol. The number of esters is 1. The minimum atomic E-state index is -1.97. The number of methoxy groups -OCH3 is 1. The van der Waals surface area contributed by atoms with Crippen molar-refractivity contribution in [2.24, 2.45) is 22.7 Å². The van der Waals surface area contributed by atoms with Crippen LogP contribution in [0.5, 0.6) is 0 Å². The van der Waals surface area contributed by atoms with Gasteiger partial charge in [0.25, 0.3) is 0 Å². The van der Waals surface area contributed by atoms with Gasteiger partial charge in [-0.15, -0.1) is 0 Å². The fraction of sp³-hybridized carbons (Fsp3) is 0.808. The summed E-state index contributed by atoms with van der Waals surface area (Å²) in [6, 6.07) is 0. The van der Waals surface area contributed by atoms with Crippen molar-refractivity contribution >= 4 is 25.9 Å². The average molecular weight is 461 g/mol.